The lowest BCUT2D eigenvalue weighted by molar-refractivity contribution is -0.132. The molecule has 2 aliphatic rings. The number of amides is 1. The summed E-state index contributed by atoms with van der Waals surface area (Å²) in [5, 5.41) is 9.08. The summed E-state index contributed by atoms with van der Waals surface area (Å²) in [6.07, 6.45) is 0.907. The molecule has 104 valence electrons. The van der Waals surface area contributed by atoms with Gasteiger partial charge in [-0.05, 0) is 24.1 Å². The van der Waals surface area contributed by atoms with E-state index < -0.39 is 5.54 Å². The normalized spacial score (nSPS) is 32.2. The Balaban J connectivity index is 1.82. The highest BCUT2D eigenvalue weighted by molar-refractivity contribution is 8.00. The van der Waals surface area contributed by atoms with Crippen molar-refractivity contribution in [1.82, 2.24) is 4.90 Å². The average Bonchev–Trinajstić information content (AvgIpc) is 2.92. The Labute approximate surface area is 120 Å². The number of nitrogens with zero attached hydrogens (tertiary/aromatic N) is 2. The second kappa shape index (κ2) is 4.76. The van der Waals surface area contributed by atoms with Gasteiger partial charge >= 0.3 is 0 Å². The predicted octanol–water partition coefficient (Wildman–Crippen LogP) is 1.26. The zero-order valence-electron chi connectivity index (χ0n) is 10.8. The highest BCUT2D eigenvalue weighted by Gasteiger charge is 2.54. The van der Waals surface area contributed by atoms with Crippen LogP contribution >= 0.6 is 11.8 Å². The van der Waals surface area contributed by atoms with Crippen molar-refractivity contribution in [1.29, 1.82) is 5.26 Å². The van der Waals surface area contributed by atoms with E-state index in [0.717, 1.165) is 5.56 Å². The van der Waals surface area contributed by atoms with Crippen LogP contribution in [0.3, 0.4) is 0 Å². The van der Waals surface area contributed by atoms with Gasteiger partial charge < -0.3 is 10.6 Å². The van der Waals surface area contributed by atoms with E-state index in [1.807, 2.05) is 0 Å². The zero-order valence-corrected chi connectivity index (χ0v) is 11.6. The first-order valence-corrected chi connectivity index (χ1v) is 7.46. The van der Waals surface area contributed by atoms with Crippen molar-refractivity contribution < 1.29 is 9.18 Å². The van der Waals surface area contributed by atoms with Gasteiger partial charge in [0, 0.05) is 12.2 Å². The maximum atomic E-state index is 12.9. The first-order valence-electron chi connectivity index (χ1n) is 6.41. The second-order valence-electron chi connectivity index (χ2n) is 5.31. The molecule has 3 atom stereocenters. The summed E-state index contributed by atoms with van der Waals surface area (Å²) in [7, 11) is 0. The predicted molar refractivity (Wildman–Crippen MR) is 74.1 cm³/mol. The molecule has 2 N–H and O–H groups in total. The third kappa shape index (κ3) is 2.07. The molecule has 2 heterocycles. The molecule has 0 aliphatic carbocycles. The molecule has 0 aromatic heterocycles. The van der Waals surface area contributed by atoms with Gasteiger partial charge in [-0.25, -0.2) is 4.39 Å². The molecule has 0 bridgehead atoms. The smallest absolute Gasteiger partial charge is 0.245 e. The first kappa shape index (κ1) is 13.4. The fourth-order valence-electron chi connectivity index (χ4n) is 2.86. The Morgan fingerprint density at radius 3 is 2.85 bits per heavy atom. The number of carbonyl (C=O) groups excluding carboxylic acids is 1. The third-order valence-electron chi connectivity index (χ3n) is 3.87. The summed E-state index contributed by atoms with van der Waals surface area (Å²) in [5.74, 6) is 0.182. The van der Waals surface area contributed by atoms with E-state index in [9.17, 15) is 9.18 Å². The van der Waals surface area contributed by atoms with Crippen LogP contribution in [0, 0.1) is 17.1 Å². The molecule has 0 spiro atoms. The number of carbonyl (C=O) groups is 1. The molecule has 20 heavy (non-hydrogen) atoms. The van der Waals surface area contributed by atoms with Crippen LogP contribution in [-0.2, 0) is 11.2 Å². The summed E-state index contributed by atoms with van der Waals surface area (Å²) >= 11 is 1.61. The van der Waals surface area contributed by atoms with Crippen LogP contribution in [0.25, 0.3) is 0 Å². The van der Waals surface area contributed by atoms with Gasteiger partial charge in [-0.3, -0.25) is 4.79 Å². The van der Waals surface area contributed by atoms with Gasteiger partial charge in [0.2, 0.25) is 5.91 Å². The van der Waals surface area contributed by atoms with E-state index in [4.69, 9.17) is 11.0 Å². The Hall–Kier alpha value is -1.58. The van der Waals surface area contributed by atoms with Crippen LogP contribution in [0.2, 0.25) is 0 Å². The number of hydrogen-bond donors (Lipinski definition) is 1. The van der Waals surface area contributed by atoms with Crippen molar-refractivity contribution >= 4 is 17.7 Å². The Kier molecular flexibility index (Phi) is 3.19. The highest BCUT2D eigenvalue weighted by Crippen LogP contribution is 2.42. The number of thioether (sulfide) groups is 1. The van der Waals surface area contributed by atoms with Gasteiger partial charge in [0.1, 0.15) is 17.4 Å². The molecule has 2 saturated heterocycles. The number of fused-ring (bicyclic) bond motifs is 1. The lowest BCUT2D eigenvalue weighted by Crippen LogP contribution is -2.51. The lowest BCUT2D eigenvalue weighted by atomic mass is 9.90. The Bertz CT molecular complexity index is 585. The van der Waals surface area contributed by atoms with Crippen LogP contribution in [-0.4, -0.2) is 33.5 Å². The molecule has 2 aliphatic heterocycles. The standard InChI is InChI=1S/C14H14FN3OS/c15-10-3-1-9(2-4-10)5-14(17)6-12-18(13(14)19)11(7-16)8-20-12/h1-4,11-12H,5-6,8,17H2/t11-,12+,14-/m1/s1. The SMILES string of the molecule is N#C[C@@H]1CS[C@H]2C[C@](N)(Cc3ccc(F)cc3)C(=O)N12. The van der Waals surface area contributed by atoms with Gasteiger partial charge in [0.15, 0.2) is 0 Å². The minimum absolute atomic E-state index is 0.00222. The highest BCUT2D eigenvalue weighted by atomic mass is 32.2. The summed E-state index contributed by atoms with van der Waals surface area (Å²) in [6, 6.07) is 7.81. The Morgan fingerprint density at radius 1 is 1.50 bits per heavy atom. The summed E-state index contributed by atoms with van der Waals surface area (Å²) in [5.41, 5.74) is 6.13. The number of halogens is 1. The summed E-state index contributed by atoms with van der Waals surface area (Å²) in [6.45, 7) is 0. The monoisotopic (exact) mass is 291 g/mol. The van der Waals surface area contributed by atoms with Crippen LogP contribution in [0.4, 0.5) is 4.39 Å². The van der Waals surface area contributed by atoms with E-state index in [1.165, 1.54) is 12.1 Å². The topological polar surface area (TPSA) is 70.1 Å². The molecule has 0 saturated carbocycles. The van der Waals surface area contributed by atoms with Gasteiger partial charge in [-0.15, -0.1) is 11.8 Å². The molecular formula is C14H14FN3OS. The largest absolute Gasteiger partial charge is 0.317 e. The van der Waals surface area contributed by atoms with Crippen molar-refractivity contribution in [2.45, 2.75) is 29.8 Å². The van der Waals surface area contributed by atoms with Crippen molar-refractivity contribution in [2.24, 2.45) is 5.73 Å². The molecule has 0 unspecified atom stereocenters. The molecular weight excluding hydrogens is 277 g/mol. The maximum absolute atomic E-state index is 12.9. The van der Waals surface area contributed by atoms with E-state index in [-0.39, 0.29) is 23.1 Å². The molecule has 1 amide bonds. The lowest BCUT2D eigenvalue weighted by Gasteiger charge is -2.24. The average molecular weight is 291 g/mol. The Morgan fingerprint density at radius 2 is 2.20 bits per heavy atom. The fourth-order valence-corrected chi connectivity index (χ4v) is 4.32. The van der Waals surface area contributed by atoms with Crippen molar-refractivity contribution in [3.05, 3.63) is 35.6 Å². The van der Waals surface area contributed by atoms with Crippen LogP contribution < -0.4 is 5.73 Å². The van der Waals surface area contributed by atoms with Crippen LogP contribution in [0.5, 0.6) is 0 Å². The van der Waals surface area contributed by atoms with Crippen LogP contribution in [0.1, 0.15) is 12.0 Å². The number of nitriles is 1. The summed E-state index contributed by atoms with van der Waals surface area (Å²) in [4.78, 5) is 14.1. The maximum Gasteiger partial charge on any atom is 0.245 e. The second-order valence-corrected chi connectivity index (χ2v) is 6.52. The minimum atomic E-state index is -0.981. The molecule has 4 nitrogen and oxygen atoms in total. The summed E-state index contributed by atoms with van der Waals surface area (Å²) < 4.78 is 12.9. The number of nitrogens with two attached hydrogens (primary N) is 1. The molecule has 6 heteroatoms. The minimum Gasteiger partial charge on any atom is -0.317 e. The van der Waals surface area contributed by atoms with Gasteiger partial charge in [-0.1, -0.05) is 12.1 Å². The van der Waals surface area contributed by atoms with Crippen molar-refractivity contribution in [3.8, 4) is 6.07 Å². The third-order valence-corrected chi connectivity index (χ3v) is 5.16. The van der Waals surface area contributed by atoms with E-state index in [2.05, 4.69) is 6.07 Å². The molecule has 3 rings (SSSR count). The molecule has 2 fully saturated rings. The zero-order chi connectivity index (χ0) is 14.3. The van der Waals surface area contributed by atoms with Gasteiger partial charge in [0.05, 0.1) is 11.4 Å². The molecule has 1 aromatic rings. The van der Waals surface area contributed by atoms with Gasteiger partial charge in [0.25, 0.3) is 0 Å². The number of rotatable bonds is 2. The van der Waals surface area contributed by atoms with E-state index in [0.29, 0.717) is 18.6 Å². The molecule has 0 radical (unpaired) electrons. The van der Waals surface area contributed by atoms with Crippen molar-refractivity contribution in [2.75, 3.05) is 5.75 Å². The van der Waals surface area contributed by atoms with Crippen LogP contribution in [0.15, 0.2) is 24.3 Å². The van der Waals surface area contributed by atoms with E-state index in [1.54, 1.807) is 28.8 Å². The molecule has 1 aromatic carbocycles. The first-order chi connectivity index (χ1) is 9.53. The number of benzene rings is 1. The number of hydrogen-bond acceptors (Lipinski definition) is 4. The van der Waals surface area contributed by atoms with Crippen molar-refractivity contribution in [3.63, 3.8) is 0 Å². The fraction of sp³-hybridized carbons (Fsp3) is 0.429. The quantitative estimate of drug-likeness (QED) is 0.890. The van der Waals surface area contributed by atoms with Gasteiger partial charge in [-0.2, -0.15) is 5.26 Å². The van der Waals surface area contributed by atoms with E-state index >= 15 is 0 Å².